The lowest BCUT2D eigenvalue weighted by atomic mass is 9.97. The Morgan fingerprint density at radius 1 is 1.21 bits per heavy atom. The van der Waals surface area contributed by atoms with Gasteiger partial charge in [0.1, 0.15) is 5.82 Å². The number of hydrogen-bond acceptors (Lipinski definition) is 5. The molecule has 5 rings (SSSR count). The fourth-order valence-electron chi connectivity index (χ4n) is 3.82. The third kappa shape index (κ3) is 2.85. The fraction of sp³-hybridized carbons (Fsp3) is 0.227. The molecule has 0 N–H and O–H groups in total. The third-order valence-electron chi connectivity index (χ3n) is 5.02. The summed E-state index contributed by atoms with van der Waals surface area (Å²) in [6, 6.07) is 16.6. The Balaban J connectivity index is 1.63. The van der Waals surface area contributed by atoms with Crippen molar-refractivity contribution in [3.63, 3.8) is 0 Å². The number of para-hydroxylation sites is 1. The van der Waals surface area contributed by atoms with Gasteiger partial charge in [-0.2, -0.15) is 5.10 Å². The quantitative estimate of drug-likeness (QED) is 0.584. The maximum Gasteiger partial charge on any atom is 0.214 e. The first kappa shape index (κ1) is 17.3. The second kappa shape index (κ2) is 6.95. The Morgan fingerprint density at radius 3 is 2.89 bits per heavy atom. The summed E-state index contributed by atoms with van der Waals surface area (Å²) < 4.78 is 26.1. The standard InChI is InChI=1S/C22H19FN2O2S/c1-2-26-19-9-4-8-16-18-13-17(20-10-5-11-28-20)24-25(18)22(27-21(16)19)14-6-3-7-15(23)12-14/h3-12,18,22H,2,13H2,1H3/t18-,22-/m1/s1. The molecule has 0 saturated carbocycles. The van der Waals surface area contributed by atoms with E-state index in [2.05, 4.69) is 17.5 Å². The number of ether oxygens (including phenoxy) is 2. The van der Waals surface area contributed by atoms with Crippen molar-refractivity contribution < 1.29 is 13.9 Å². The zero-order chi connectivity index (χ0) is 19.1. The predicted molar refractivity (Wildman–Crippen MR) is 107 cm³/mol. The minimum Gasteiger partial charge on any atom is -0.490 e. The first-order valence-corrected chi connectivity index (χ1v) is 10.2. The van der Waals surface area contributed by atoms with Crippen molar-refractivity contribution in [2.45, 2.75) is 25.6 Å². The van der Waals surface area contributed by atoms with E-state index in [4.69, 9.17) is 14.6 Å². The minimum absolute atomic E-state index is 0.0227. The summed E-state index contributed by atoms with van der Waals surface area (Å²) in [6.45, 7) is 2.50. The van der Waals surface area contributed by atoms with Crippen molar-refractivity contribution in [2.75, 3.05) is 6.61 Å². The summed E-state index contributed by atoms with van der Waals surface area (Å²) in [5, 5.41) is 8.90. The van der Waals surface area contributed by atoms with E-state index >= 15 is 0 Å². The maximum absolute atomic E-state index is 13.9. The molecule has 6 heteroatoms. The van der Waals surface area contributed by atoms with Crippen LogP contribution in [0.25, 0.3) is 0 Å². The van der Waals surface area contributed by atoms with E-state index in [-0.39, 0.29) is 11.9 Å². The highest BCUT2D eigenvalue weighted by Crippen LogP contribution is 2.50. The lowest BCUT2D eigenvalue weighted by Crippen LogP contribution is -2.34. The molecule has 2 atom stereocenters. The summed E-state index contributed by atoms with van der Waals surface area (Å²) in [5.74, 6) is 1.15. The maximum atomic E-state index is 13.9. The van der Waals surface area contributed by atoms with Gasteiger partial charge >= 0.3 is 0 Å². The van der Waals surface area contributed by atoms with Gasteiger partial charge in [-0.05, 0) is 36.6 Å². The normalized spacial score (nSPS) is 20.2. The van der Waals surface area contributed by atoms with E-state index in [9.17, 15) is 4.39 Å². The minimum atomic E-state index is -0.507. The summed E-state index contributed by atoms with van der Waals surface area (Å²) in [6.07, 6.45) is 0.269. The van der Waals surface area contributed by atoms with Crippen molar-refractivity contribution in [1.29, 1.82) is 0 Å². The molecule has 1 aromatic heterocycles. The molecule has 142 valence electrons. The Labute approximate surface area is 166 Å². The lowest BCUT2D eigenvalue weighted by Gasteiger charge is -2.38. The number of thiophene rings is 1. The number of hydrazone groups is 1. The van der Waals surface area contributed by atoms with Crippen LogP contribution in [0.1, 0.15) is 41.6 Å². The van der Waals surface area contributed by atoms with Crippen molar-refractivity contribution in [3.8, 4) is 11.5 Å². The molecule has 0 unspecified atom stereocenters. The van der Waals surface area contributed by atoms with Gasteiger partial charge in [-0.15, -0.1) is 11.3 Å². The number of fused-ring (bicyclic) bond motifs is 3. The van der Waals surface area contributed by atoms with Gasteiger partial charge < -0.3 is 9.47 Å². The summed E-state index contributed by atoms with van der Waals surface area (Å²) in [5.41, 5.74) is 2.81. The Bertz CT molecular complexity index is 1030. The largest absolute Gasteiger partial charge is 0.490 e. The molecule has 0 radical (unpaired) electrons. The van der Waals surface area contributed by atoms with E-state index in [1.54, 1.807) is 17.4 Å². The van der Waals surface area contributed by atoms with Gasteiger partial charge in [0, 0.05) is 17.5 Å². The van der Waals surface area contributed by atoms with Crippen LogP contribution in [-0.2, 0) is 0 Å². The van der Waals surface area contributed by atoms with Gasteiger partial charge in [0.2, 0.25) is 6.23 Å². The van der Waals surface area contributed by atoms with Crippen LogP contribution in [0.2, 0.25) is 0 Å². The zero-order valence-corrected chi connectivity index (χ0v) is 16.2. The molecule has 28 heavy (non-hydrogen) atoms. The average Bonchev–Trinajstić information content (AvgIpc) is 3.38. The molecule has 2 aliphatic rings. The summed E-state index contributed by atoms with van der Waals surface area (Å²) >= 11 is 1.67. The van der Waals surface area contributed by atoms with Crippen LogP contribution >= 0.6 is 11.3 Å². The smallest absolute Gasteiger partial charge is 0.214 e. The molecule has 0 fully saturated rings. The van der Waals surface area contributed by atoms with E-state index in [0.717, 1.165) is 33.9 Å². The van der Waals surface area contributed by atoms with Crippen LogP contribution in [0, 0.1) is 5.82 Å². The number of hydrogen-bond donors (Lipinski definition) is 0. The first-order valence-electron chi connectivity index (χ1n) is 9.32. The number of halogens is 1. The fourth-order valence-corrected chi connectivity index (χ4v) is 4.55. The molecule has 3 heterocycles. The van der Waals surface area contributed by atoms with Crippen molar-refractivity contribution in [1.82, 2.24) is 5.01 Å². The lowest BCUT2D eigenvalue weighted by molar-refractivity contribution is -0.0214. The molecule has 3 aromatic rings. The van der Waals surface area contributed by atoms with Crippen LogP contribution in [0.4, 0.5) is 4.39 Å². The van der Waals surface area contributed by atoms with Crippen molar-refractivity contribution in [3.05, 3.63) is 81.8 Å². The molecule has 4 nitrogen and oxygen atoms in total. The summed E-state index contributed by atoms with van der Waals surface area (Å²) in [4.78, 5) is 1.15. The van der Waals surface area contributed by atoms with Gasteiger partial charge in [-0.25, -0.2) is 9.40 Å². The van der Waals surface area contributed by atoms with Crippen LogP contribution in [0.15, 0.2) is 65.1 Å². The molecule has 0 amide bonds. The number of rotatable bonds is 4. The topological polar surface area (TPSA) is 34.1 Å². The predicted octanol–water partition coefficient (Wildman–Crippen LogP) is 5.53. The Hall–Kier alpha value is -2.86. The monoisotopic (exact) mass is 394 g/mol. The SMILES string of the molecule is CCOc1cccc2c1O[C@H](c1cccc(F)c1)N1N=C(c3cccs3)C[C@H]21. The van der Waals surface area contributed by atoms with Gasteiger partial charge in [-0.1, -0.05) is 30.3 Å². The Morgan fingerprint density at radius 2 is 2.11 bits per heavy atom. The molecule has 2 aliphatic heterocycles. The van der Waals surface area contributed by atoms with E-state index < -0.39 is 6.23 Å². The average molecular weight is 394 g/mol. The molecule has 0 bridgehead atoms. The number of nitrogens with zero attached hydrogens (tertiary/aromatic N) is 2. The van der Waals surface area contributed by atoms with Gasteiger partial charge in [0.25, 0.3) is 0 Å². The second-order valence-corrected chi connectivity index (χ2v) is 7.70. The van der Waals surface area contributed by atoms with E-state index in [0.29, 0.717) is 12.4 Å². The van der Waals surface area contributed by atoms with Crippen molar-refractivity contribution >= 4 is 17.0 Å². The molecular formula is C22H19FN2O2S. The van der Waals surface area contributed by atoms with E-state index in [1.807, 2.05) is 36.2 Å². The van der Waals surface area contributed by atoms with Gasteiger partial charge in [0.05, 0.1) is 23.2 Å². The Kier molecular flexibility index (Phi) is 4.28. The molecule has 0 spiro atoms. The highest BCUT2D eigenvalue weighted by molar-refractivity contribution is 7.12. The van der Waals surface area contributed by atoms with Crippen molar-refractivity contribution in [2.24, 2.45) is 5.10 Å². The number of benzene rings is 2. The van der Waals surface area contributed by atoms with E-state index in [1.165, 1.54) is 12.1 Å². The first-order chi connectivity index (χ1) is 13.7. The van der Waals surface area contributed by atoms with Crippen LogP contribution in [0.3, 0.4) is 0 Å². The zero-order valence-electron chi connectivity index (χ0n) is 15.3. The van der Waals surface area contributed by atoms with Crippen LogP contribution in [-0.4, -0.2) is 17.3 Å². The van der Waals surface area contributed by atoms with Gasteiger partial charge in [0.15, 0.2) is 11.5 Å². The summed E-state index contributed by atoms with van der Waals surface area (Å²) in [7, 11) is 0. The molecular weight excluding hydrogens is 375 g/mol. The van der Waals surface area contributed by atoms with Gasteiger partial charge in [-0.3, -0.25) is 0 Å². The van der Waals surface area contributed by atoms with Crippen LogP contribution < -0.4 is 9.47 Å². The second-order valence-electron chi connectivity index (χ2n) is 6.76. The third-order valence-corrected chi connectivity index (χ3v) is 5.94. The molecule has 0 saturated heterocycles. The molecule has 0 aliphatic carbocycles. The highest BCUT2D eigenvalue weighted by atomic mass is 32.1. The van der Waals surface area contributed by atoms with Crippen LogP contribution in [0.5, 0.6) is 11.5 Å². The molecule has 2 aromatic carbocycles. The highest BCUT2D eigenvalue weighted by Gasteiger charge is 2.42.